The van der Waals surface area contributed by atoms with E-state index in [1.807, 2.05) is 0 Å². The highest BCUT2D eigenvalue weighted by Gasteiger charge is 2.19. The fourth-order valence-electron chi connectivity index (χ4n) is 0.978. The fourth-order valence-corrected chi connectivity index (χ4v) is 1.28. The lowest BCUT2D eigenvalue weighted by Crippen LogP contribution is -2.07. The molecule has 0 aliphatic rings. The van der Waals surface area contributed by atoms with Crippen LogP contribution in [0.3, 0.4) is 0 Å². The van der Waals surface area contributed by atoms with E-state index >= 15 is 0 Å². The summed E-state index contributed by atoms with van der Waals surface area (Å²) in [6.07, 6.45) is -0.160. The zero-order chi connectivity index (χ0) is 11.4. The van der Waals surface area contributed by atoms with Gasteiger partial charge in [-0.25, -0.2) is 0 Å². The molecule has 1 aromatic heterocycles. The van der Waals surface area contributed by atoms with Crippen molar-refractivity contribution < 1.29 is 14.5 Å². The molecule has 0 aliphatic heterocycles. The minimum Gasteiger partial charge on any atom is -0.469 e. The van der Waals surface area contributed by atoms with Crippen LogP contribution in [0.5, 0.6) is 0 Å². The van der Waals surface area contributed by atoms with Crippen LogP contribution in [0.2, 0.25) is 0 Å². The van der Waals surface area contributed by atoms with Crippen LogP contribution in [-0.2, 0) is 16.0 Å². The number of ether oxygens (including phenoxy) is 1. The normalized spacial score (nSPS) is 9.73. The molecule has 80 valence electrons. The highest BCUT2D eigenvalue weighted by Crippen LogP contribution is 2.19. The van der Waals surface area contributed by atoms with Crippen molar-refractivity contribution in [1.82, 2.24) is 4.98 Å². The molecule has 1 rings (SSSR count). The van der Waals surface area contributed by atoms with E-state index in [4.69, 9.17) is 0 Å². The average Bonchev–Trinajstić information content (AvgIpc) is 2.20. The molecule has 7 heteroatoms. The van der Waals surface area contributed by atoms with Crippen molar-refractivity contribution in [3.63, 3.8) is 0 Å². The summed E-state index contributed by atoms with van der Waals surface area (Å²) in [7, 11) is 1.22. The van der Waals surface area contributed by atoms with Gasteiger partial charge in [0.05, 0.1) is 19.1 Å². The summed E-state index contributed by atoms with van der Waals surface area (Å²) < 4.78 is 4.77. The minimum atomic E-state index is -0.636. The number of nitro groups is 1. The first-order chi connectivity index (χ1) is 7.04. The van der Waals surface area contributed by atoms with Crippen LogP contribution in [0.4, 0.5) is 5.82 Å². The maximum atomic E-state index is 11.0. The molecule has 15 heavy (non-hydrogen) atoms. The van der Waals surface area contributed by atoms with Crippen LogP contribution in [0.1, 0.15) is 5.56 Å². The van der Waals surface area contributed by atoms with Gasteiger partial charge in [-0.2, -0.15) is 0 Å². The molecule has 0 radical (unpaired) electrons. The Morgan fingerprint density at radius 2 is 2.33 bits per heavy atom. The standard InChI is InChI=1S/C8H7BrN2O4/c1-15-7(12)4-5-2-3-6(9)10-8(5)11(13)14/h2-3H,4H2,1H3. The summed E-state index contributed by atoms with van der Waals surface area (Å²) >= 11 is 3.02. The summed E-state index contributed by atoms with van der Waals surface area (Å²) in [6.45, 7) is 0. The maximum Gasteiger partial charge on any atom is 0.368 e. The molecule has 1 heterocycles. The Morgan fingerprint density at radius 3 is 2.87 bits per heavy atom. The highest BCUT2D eigenvalue weighted by molar-refractivity contribution is 9.10. The van der Waals surface area contributed by atoms with Gasteiger partial charge in [-0.1, -0.05) is 0 Å². The Hall–Kier alpha value is -1.50. The van der Waals surface area contributed by atoms with E-state index in [0.717, 1.165) is 0 Å². The number of pyridine rings is 1. The van der Waals surface area contributed by atoms with Crippen LogP contribution in [0, 0.1) is 10.1 Å². The Morgan fingerprint density at radius 1 is 1.67 bits per heavy atom. The van der Waals surface area contributed by atoms with Crippen molar-refractivity contribution in [3.05, 3.63) is 32.4 Å². The van der Waals surface area contributed by atoms with E-state index in [9.17, 15) is 14.9 Å². The number of hydrogen-bond donors (Lipinski definition) is 0. The third kappa shape index (κ3) is 2.98. The van der Waals surface area contributed by atoms with E-state index in [0.29, 0.717) is 4.60 Å². The van der Waals surface area contributed by atoms with E-state index in [1.165, 1.54) is 19.2 Å². The van der Waals surface area contributed by atoms with Gasteiger partial charge in [-0.05, 0) is 22.0 Å². The van der Waals surface area contributed by atoms with Crippen molar-refractivity contribution in [2.24, 2.45) is 0 Å². The second kappa shape index (κ2) is 4.83. The SMILES string of the molecule is COC(=O)Cc1ccc(Br)nc1[N+](=O)[O-]. The van der Waals surface area contributed by atoms with Gasteiger partial charge in [0.25, 0.3) is 0 Å². The van der Waals surface area contributed by atoms with Gasteiger partial charge in [0.2, 0.25) is 4.60 Å². The third-order valence-corrected chi connectivity index (χ3v) is 2.10. The van der Waals surface area contributed by atoms with Gasteiger partial charge < -0.3 is 14.9 Å². The summed E-state index contributed by atoms with van der Waals surface area (Å²) in [5.74, 6) is -0.878. The predicted molar refractivity (Wildman–Crippen MR) is 54.3 cm³/mol. The molecule has 1 aromatic rings. The number of rotatable bonds is 3. The molecule has 0 atom stereocenters. The van der Waals surface area contributed by atoms with Gasteiger partial charge in [0, 0.05) is 15.9 Å². The number of carbonyl (C=O) groups is 1. The molecular weight excluding hydrogens is 268 g/mol. The average molecular weight is 275 g/mol. The number of halogens is 1. The number of hydrogen-bond acceptors (Lipinski definition) is 5. The topological polar surface area (TPSA) is 82.3 Å². The number of aromatic nitrogens is 1. The molecule has 0 unspecified atom stereocenters. The Kier molecular flexibility index (Phi) is 3.73. The molecule has 0 aliphatic carbocycles. The molecule has 0 fully saturated rings. The lowest BCUT2D eigenvalue weighted by molar-refractivity contribution is -0.390. The molecule has 0 spiro atoms. The van der Waals surface area contributed by atoms with E-state index in [1.54, 1.807) is 0 Å². The molecule has 0 aromatic carbocycles. The summed E-state index contributed by atoms with van der Waals surface area (Å²) in [5.41, 5.74) is 0.232. The second-order valence-electron chi connectivity index (χ2n) is 2.63. The number of nitrogens with zero attached hydrogens (tertiary/aromatic N) is 2. The van der Waals surface area contributed by atoms with Crippen LogP contribution < -0.4 is 0 Å². The molecule has 0 saturated carbocycles. The number of methoxy groups -OCH3 is 1. The third-order valence-electron chi connectivity index (χ3n) is 1.66. The zero-order valence-corrected chi connectivity index (χ0v) is 9.35. The summed E-state index contributed by atoms with van der Waals surface area (Å²) in [5, 5.41) is 10.6. The Balaban J connectivity index is 3.06. The molecular formula is C8H7BrN2O4. The largest absolute Gasteiger partial charge is 0.469 e. The van der Waals surface area contributed by atoms with Gasteiger partial charge in [-0.3, -0.25) is 4.79 Å². The molecule has 0 N–H and O–H groups in total. The maximum absolute atomic E-state index is 11.0. The lowest BCUT2D eigenvalue weighted by atomic mass is 10.2. The van der Waals surface area contributed by atoms with Crippen molar-refractivity contribution in [2.45, 2.75) is 6.42 Å². The van der Waals surface area contributed by atoms with Crippen molar-refractivity contribution in [1.29, 1.82) is 0 Å². The van der Waals surface area contributed by atoms with E-state index in [2.05, 4.69) is 25.7 Å². The number of esters is 1. The minimum absolute atomic E-state index is 0.160. The molecule has 0 saturated heterocycles. The molecule has 0 bridgehead atoms. The lowest BCUT2D eigenvalue weighted by Gasteiger charge is -2.00. The van der Waals surface area contributed by atoms with Crippen molar-refractivity contribution in [2.75, 3.05) is 7.11 Å². The van der Waals surface area contributed by atoms with Gasteiger partial charge >= 0.3 is 11.8 Å². The fraction of sp³-hybridized carbons (Fsp3) is 0.250. The first kappa shape index (κ1) is 11.6. The summed E-state index contributed by atoms with van der Waals surface area (Å²) in [6, 6.07) is 3.00. The van der Waals surface area contributed by atoms with E-state index < -0.39 is 10.9 Å². The number of carbonyl (C=O) groups excluding carboxylic acids is 1. The first-order valence-electron chi connectivity index (χ1n) is 3.91. The quantitative estimate of drug-likeness (QED) is 0.361. The van der Waals surface area contributed by atoms with Crippen LogP contribution in [0.25, 0.3) is 0 Å². The Labute approximate surface area is 93.5 Å². The molecule has 0 amide bonds. The molecule has 6 nitrogen and oxygen atoms in total. The van der Waals surface area contributed by atoms with Crippen LogP contribution in [-0.4, -0.2) is 23.0 Å². The van der Waals surface area contributed by atoms with Gasteiger partial charge in [0.15, 0.2) is 0 Å². The van der Waals surface area contributed by atoms with E-state index in [-0.39, 0.29) is 17.8 Å². The highest BCUT2D eigenvalue weighted by atomic mass is 79.9. The smallest absolute Gasteiger partial charge is 0.368 e. The zero-order valence-electron chi connectivity index (χ0n) is 7.77. The van der Waals surface area contributed by atoms with Crippen molar-refractivity contribution in [3.8, 4) is 0 Å². The van der Waals surface area contributed by atoms with Gasteiger partial charge in [-0.15, -0.1) is 0 Å². The van der Waals surface area contributed by atoms with Crippen LogP contribution >= 0.6 is 15.9 Å². The second-order valence-corrected chi connectivity index (χ2v) is 3.44. The predicted octanol–water partition coefficient (Wildman–Crippen LogP) is 1.47. The van der Waals surface area contributed by atoms with Crippen LogP contribution in [0.15, 0.2) is 16.7 Å². The first-order valence-corrected chi connectivity index (χ1v) is 4.70. The van der Waals surface area contributed by atoms with Crippen molar-refractivity contribution >= 4 is 27.7 Å². The van der Waals surface area contributed by atoms with Gasteiger partial charge in [0.1, 0.15) is 0 Å². The Bertz CT molecular complexity index is 408. The monoisotopic (exact) mass is 274 g/mol. The summed E-state index contributed by atoms with van der Waals surface area (Å²) in [4.78, 5) is 24.6.